The summed E-state index contributed by atoms with van der Waals surface area (Å²) in [5, 5.41) is 8.90. The molecule has 29 heavy (non-hydrogen) atoms. The summed E-state index contributed by atoms with van der Waals surface area (Å²) in [4.78, 5) is 17.5. The zero-order valence-corrected chi connectivity index (χ0v) is 17.9. The van der Waals surface area contributed by atoms with E-state index in [2.05, 4.69) is 19.2 Å². The van der Waals surface area contributed by atoms with Gasteiger partial charge >= 0.3 is 0 Å². The molecule has 1 N–H and O–H groups in total. The van der Waals surface area contributed by atoms with E-state index >= 15 is 0 Å². The molecule has 152 valence electrons. The van der Waals surface area contributed by atoms with E-state index in [0.29, 0.717) is 29.2 Å². The van der Waals surface area contributed by atoms with E-state index in [1.807, 2.05) is 19.1 Å². The zero-order chi connectivity index (χ0) is 20.7. The summed E-state index contributed by atoms with van der Waals surface area (Å²) in [6.45, 7) is 6.22. The van der Waals surface area contributed by atoms with Gasteiger partial charge in [0, 0.05) is 18.0 Å². The monoisotopic (exact) mass is 412 g/mol. The van der Waals surface area contributed by atoms with E-state index in [1.165, 1.54) is 0 Å². The fraction of sp³-hybridized carbons (Fsp3) is 0.409. The fourth-order valence-electron chi connectivity index (χ4n) is 3.99. The maximum absolute atomic E-state index is 12.6. The molecule has 0 saturated carbocycles. The van der Waals surface area contributed by atoms with E-state index < -0.39 is 0 Å². The Labute approximate surface area is 175 Å². The summed E-state index contributed by atoms with van der Waals surface area (Å²) in [5.74, 6) is 1.57. The number of nitrogens with one attached hydrogen (secondary N) is 1. The van der Waals surface area contributed by atoms with Crippen molar-refractivity contribution in [1.29, 1.82) is 0 Å². The smallest absolute Gasteiger partial charge is 0.168 e. The van der Waals surface area contributed by atoms with Crippen molar-refractivity contribution < 1.29 is 9.53 Å². The molecule has 2 aromatic heterocycles. The van der Waals surface area contributed by atoms with Gasteiger partial charge in [-0.2, -0.15) is 9.61 Å². The second kappa shape index (κ2) is 7.67. The number of methoxy groups -OCH3 is 1. The Kier molecular flexibility index (Phi) is 5.21. The molecule has 1 aliphatic rings. The van der Waals surface area contributed by atoms with Crippen molar-refractivity contribution in [3.63, 3.8) is 0 Å². The molecular formula is C22H25ClN4O2. The van der Waals surface area contributed by atoms with Gasteiger partial charge < -0.3 is 10.1 Å². The van der Waals surface area contributed by atoms with E-state index in [-0.39, 0.29) is 11.8 Å². The number of aromatic nitrogens is 3. The maximum atomic E-state index is 12.6. The first-order valence-corrected chi connectivity index (χ1v) is 10.4. The van der Waals surface area contributed by atoms with E-state index in [4.69, 9.17) is 26.4 Å². The van der Waals surface area contributed by atoms with Gasteiger partial charge in [-0.3, -0.25) is 4.79 Å². The number of nitrogens with zero attached hydrogens (tertiary/aromatic N) is 3. The molecule has 0 aliphatic heterocycles. The lowest BCUT2D eigenvalue weighted by Crippen LogP contribution is -2.22. The Morgan fingerprint density at radius 1 is 1.24 bits per heavy atom. The lowest BCUT2D eigenvalue weighted by atomic mass is 10.1. The van der Waals surface area contributed by atoms with Crippen LogP contribution in [-0.4, -0.2) is 33.5 Å². The first-order chi connectivity index (χ1) is 14.0. The highest BCUT2D eigenvalue weighted by Crippen LogP contribution is 2.38. The molecule has 0 radical (unpaired) electrons. The molecule has 2 heterocycles. The van der Waals surface area contributed by atoms with Crippen LogP contribution >= 0.6 is 11.6 Å². The Hall–Kier alpha value is -2.60. The number of fused-ring (bicyclic) bond motifs is 2. The minimum Gasteiger partial charge on any atom is -0.497 e. The summed E-state index contributed by atoms with van der Waals surface area (Å²) in [5.41, 5.74) is 4.78. The second-order valence-corrected chi connectivity index (χ2v) is 7.81. The van der Waals surface area contributed by atoms with Crippen molar-refractivity contribution in [3.05, 3.63) is 40.2 Å². The van der Waals surface area contributed by atoms with Crippen LogP contribution < -0.4 is 10.1 Å². The molecule has 0 fully saturated rings. The number of halogens is 1. The maximum Gasteiger partial charge on any atom is 0.168 e. The van der Waals surface area contributed by atoms with Gasteiger partial charge in [0.25, 0.3) is 0 Å². The van der Waals surface area contributed by atoms with Crippen LogP contribution in [0.15, 0.2) is 18.2 Å². The Balaban J connectivity index is 1.98. The minimum atomic E-state index is 0.125. The van der Waals surface area contributed by atoms with E-state index in [1.54, 1.807) is 17.7 Å². The van der Waals surface area contributed by atoms with Crippen molar-refractivity contribution in [1.82, 2.24) is 14.6 Å². The highest BCUT2D eigenvalue weighted by atomic mass is 35.5. The van der Waals surface area contributed by atoms with Crippen LogP contribution in [0.1, 0.15) is 54.9 Å². The molecule has 0 saturated heterocycles. The number of carbonyl (C=O) groups excluding carboxylic acids is 1. The van der Waals surface area contributed by atoms with Gasteiger partial charge in [0.2, 0.25) is 0 Å². The van der Waals surface area contributed by atoms with Crippen molar-refractivity contribution in [2.24, 2.45) is 0 Å². The largest absolute Gasteiger partial charge is 0.497 e. The van der Waals surface area contributed by atoms with Gasteiger partial charge in [-0.1, -0.05) is 25.4 Å². The average molecular weight is 413 g/mol. The number of ketones is 1. The van der Waals surface area contributed by atoms with Gasteiger partial charge in [-0.05, 0) is 44.4 Å². The summed E-state index contributed by atoms with van der Waals surface area (Å²) >= 11 is 6.57. The van der Waals surface area contributed by atoms with Crippen LogP contribution in [0.3, 0.4) is 0 Å². The van der Waals surface area contributed by atoms with Crippen LogP contribution in [0.5, 0.6) is 5.75 Å². The topological polar surface area (TPSA) is 68.5 Å². The Morgan fingerprint density at radius 3 is 2.66 bits per heavy atom. The van der Waals surface area contributed by atoms with Crippen molar-refractivity contribution >= 4 is 28.8 Å². The molecule has 1 aromatic carbocycles. The number of benzene rings is 1. The number of hydrogen-bond donors (Lipinski definition) is 1. The highest BCUT2D eigenvalue weighted by molar-refractivity contribution is 6.33. The molecule has 6 nitrogen and oxygen atoms in total. The van der Waals surface area contributed by atoms with Crippen LogP contribution in [0, 0.1) is 6.92 Å². The number of anilines is 1. The number of aryl methyl sites for hydroxylation is 2. The predicted molar refractivity (Wildman–Crippen MR) is 115 cm³/mol. The van der Waals surface area contributed by atoms with Crippen molar-refractivity contribution in [3.8, 4) is 16.9 Å². The lowest BCUT2D eigenvalue weighted by molar-refractivity contribution is 0.0995. The lowest BCUT2D eigenvalue weighted by Gasteiger charge is -2.19. The number of rotatable bonds is 6. The molecule has 3 aromatic rings. The number of carbonyl (C=O) groups is 1. The summed E-state index contributed by atoms with van der Waals surface area (Å²) in [7, 11) is 1.61. The third-order valence-corrected chi connectivity index (χ3v) is 5.97. The van der Waals surface area contributed by atoms with Gasteiger partial charge in [-0.25, -0.2) is 4.98 Å². The quantitative estimate of drug-likeness (QED) is 0.610. The van der Waals surface area contributed by atoms with Gasteiger partial charge in [0.05, 0.1) is 34.6 Å². The Bertz CT molecular complexity index is 1100. The molecule has 0 amide bonds. The number of Topliss-reactive ketones (excluding diaryl/α,β-unsaturated/α-hetero) is 1. The normalized spacial score (nSPS) is 13.4. The van der Waals surface area contributed by atoms with Crippen LogP contribution in [0.4, 0.5) is 5.82 Å². The molecule has 4 rings (SSSR count). The van der Waals surface area contributed by atoms with Gasteiger partial charge in [0.15, 0.2) is 11.4 Å². The third kappa shape index (κ3) is 3.25. The third-order valence-electron chi connectivity index (χ3n) is 5.65. The van der Waals surface area contributed by atoms with Crippen molar-refractivity contribution in [2.45, 2.75) is 52.5 Å². The highest BCUT2D eigenvalue weighted by Gasteiger charge is 2.30. The summed E-state index contributed by atoms with van der Waals surface area (Å²) < 4.78 is 7.06. The number of ether oxygens (including phenoxy) is 1. The molecular weight excluding hydrogens is 388 g/mol. The molecule has 0 bridgehead atoms. The summed E-state index contributed by atoms with van der Waals surface area (Å²) in [6, 6.07) is 5.86. The van der Waals surface area contributed by atoms with Crippen LogP contribution in [0.2, 0.25) is 5.02 Å². The van der Waals surface area contributed by atoms with E-state index in [9.17, 15) is 4.79 Å². The zero-order valence-electron chi connectivity index (χ0n) is 17.2. The minimum absolute atomic E-state index is 0.125. The first-order valence-electron chi connectivity index (χ1n) is 10.0. The molecule has 1 aliphatic carbocycles. The predicted octanol–water partition coefficient (Wildman–Crippen LogP) is 5.10. The number of hydrogen-bond acceptors (Lipinski definition) is 5. The molecule has 0 atom stereocenters. The fourth-order valence-corrected chi connectivity index (χ4v) is 4.26. The van der Waals surface area contributed by atoms with Crippen LogP contribution in [0.25, 0.3) is 16.8 Å². The summed E-state index contributed by atoms with van der Waals surface area (Å²) in [6.07, 6.45) is 3.06. The van der Waals surface area contributed by atoms with Gasteiger partial charge in [-0.15, -0.1) is 0 Å². The molecule has 7 heteroatoms. The SMILES string of the molecule is CCC(CC)Nc1c2c(nc3c(-c4ccc(OC)cc4Cl)c(C)nn13)CCC2=O. The van der Waals surface area contributed by atoms with Crippen molar-refractivity contribution in [2.75, 3.05) is 12.4 Å². The Morgan fingerprint density at radius 2 is 2.00 bits per heavy atom. The second-order valence-electron chi connectivity index (χ2n) is 7.40. The average Bonchev–Trinajstić information content (AvgIpc) is 3.25. The van der Waals surface area contributed by atoms with E-state index in [0.717, 1.165) is 46.8 Å². The first kappa shape index (κ1) is 19.7. The molecule has 0 unspecified atom stereocenters. The van der Waals surface area contributed by atoms with Crippen LogP contribution in [-0.2, 0) is 6.42 Å². The standard InChI is InChI=1S/C22H25ClN4O2/c1-5-13(6-2)24-22-20-17(9-10-18(20)28)25-21-19(12(3)26-27(21)22)15-8-7-14(29-4)11-16(15)23/h7-8,11,13,24H,5-6,9-10H2,1-4H3. The van der Waals surface area contributed by atoms with Gasteiger partial charge in [0.1, 0.15) is 11.6 Å². The molecule has 0 spiro atoms.